The van der Waals surface area contributed by atoms with E-state index in [-0.39, 0.29) is 5.78 Å². The fourth-order valence-corrected chi connectivity index (χ4v) is 5.83. The fraction of sp³-hybridized carbons (Fsp3) is 0.432. The van der Waals surface area contributed by atoms with E-state index in [0.29, 0.717) is 5.56 Å². The Balaban J connectivity index is 1.25. The lowest BCUT2D eigenvalue weighted by molar-refractivity contribution is 0.104. The summed E-state index contributed by atoms with van der Waals surface area (Å²) in [6.07, 6.45) is 23.3. The van der Waals surface area contributed by atoms with Crippen LogP contribution in [0.3, 0.4) is 0 Å². The summed E-state index contributed by atoms with van der Waals surface area (Å²) in [5.41, 5.74) is 3.96. The van der Waals surface area contributed by atoms with Crippen LogP contribution in [-0.4, -0.2) is 11.5 Å². The summed E-state index contributed by atoms with van der Waals surface area (Å²) >= 11 is 1.94. The first-order valence-electron chi connectivity index (χ1n) is 15.4. The molecule has 3 aromatic carbocycles. The molecule has 2 heteroatoms. The molecule has 0 amide bonds. The van der Waals surface area contributed by atoms with Crippen LogP contribution < -0.4 is 0 Å². The van der Waals surface area contributed by atoms with Crippen molar-refractivity contribution in [1.82, 2.24) is 0 Å². The molecule has 0 aromatic heterocycles. The van der Waals surface area contributed by atoms with E-state index >= 15 is 0 Å². The summed E-state index contributed by atoms with van der Waals surface area (Å²) in [4.78, 5) is 14.1. The number of ketones is 1. The zero-order chi connectivity index (χ0) is 27.4. The molecule has 0 atom stereocenters. The van der Waals surface area contributed by atoms with E-state index in [2.05, 4.69) is 43.3 Å². The second-order valence-corrected chi connectivity index (χ2v) is 11.8. The van der Waals surface area contributed by atoms with Crippen molar-refractivity contribution in [3.8, 4) is 11.1 Å². The van der Waals surface area contributed by atoms with Gasteiger partial charge in [-0.05, 0) is 53.1 Å². The number of carbonyl (C=O) groups is 1. The largest absolute Gasteiger partial charge is 0.289 e. The number of thioether (sulfide) groups is 1. The summed E-state index contributed by atoms with van der Waals surface area (Å²) in [6, 6.07) is 26.6. The van der Waals surface area contributed by atoms with E-state index < -0.39 is 0 Å². The molecule has 0 radical (unpaired) electrons. The van der Waals surface area contributed by atoms with Crippen LogP contribution in [0.4, 0.5) is 0 Å². The van der Waals surface area contributed by atoms with Gasteiger partial charge in [-0.15, -0.1) is 11.8 Å². The molecule has 0 aliphatic rings. The van der Waals surface area contributed by atoms with Crippen LogP contribution in [0.5, 0.6) is 0 Å². The third-order valence-electron chi connectivity index (χ3n) is 7.33. The van der Waals surface area contributed by atoms with Crippen LogP contribution in [0, 0.1) is 0 Å². The van der Waals surface area contributed by atoms with Crippen molar-refractivity contribution in [2.75, 3.05) is 5.75 Å². The summed E-state index contributed by atoms with van der Waals surface area (Å²) in [7, 11) is 0. The predicted octanol–water partition coefficient (Wildman–Crippen LogP) is 11.8. The molecule has 0 saturated heterocycles. The van der Waals surface area contributed by atoms with E-state index in [4.69, 9.17) is 0 Å². The van der Waals surface area contributed by atoms with Crippen molar-refractivity contribution in [2.45, 2.75) is 102 Å². The van der Waals surface area contributed by atoms with Gasteiger partial charge < -0.3 is 0 Å². The number of carbonyl (C=O) groups excluding carboxylic acids is 1. The molecule has 0 aliphatic heterocycles. The fourth-order valence-electron chi connectivity index (χ4n) is 4.91. The average Bonchev–Trinajstić information content (AvgIpc) is 2.99. The van der Waals surface area contributed by atoms with Gasteiger partial charge in [-0.2, -0.15) is 0 Å². The Hall–Kier alpha value is -2.58. The molecule has 3 aromatic rings. The van der Waals surface area contributed by atoms with E-state index in [9.17, 15) is 4.79 Å². The molecule has 0 saturated carbocycles. The number of rotatable bonds is 20. The molecular weight excluding hydrogens is 492 g/mol. The molecule has 0 aliphatic carbocycles. The van der Waals surface area contributed by atoms with Crippen molar-refractivity contribution in [2.24, 2.45) is 0 Å². The van der Waals surface area contributed by atoms with Crippen LogP contribution in [-0.2, 0) is 0 Å². The number of hydrogen-bond acceptors (Lipinski definition) is 2. The molecule has 208 valence electrons. The third kappa shape index (κ3) is 12.9. The Labute approximate surface area is 242 Å². The summed E-state index contributed by atoms with van der Waals surface area (Å²) in [5, 5.41) is 0. The topological polar surface area (TPSA) is 17.1 Å². The SMILES string of the molecule is CCCCCCCCCCCCCCCCSc1ccc(/C=C/C(=O)c2cccc(-c3ccccc3)c2)cc1. The van der Waals surface area contributed by atoms with Crippen LogP contribution in [0.2, 0.25) is 0 Å². The van der Waals surface area contributed by atoms with Gasteiger partial charge in [0.25, 0.3) is 0 Å². The Morgan fingerprint density at radius 2 is 1.18 bits per heavy atom. The van der Waals surface area contributed by atoms with Gasteiger partial charge in [0.2, 0.25) is 0 Å². The van der Waals surface area contributed by atoms with Gasteiger partial charge in [-0.3, -0.25) is 4.79 Å². The van der Waals surface area contributed by atoms with E-state index in [1.165, 1.54) is 101 Å². The molecule has 0 heterocycles. The smallest absolute Gasteiger partial charge is 0.185 e. The maximum absolute atomic E-state index is 12.7. The highest BCUT2D eigenvalue weighted by molar-refractivity contribution is 7.99. The van der Waals surface area contributed by atoms with Gasteiger partial charge in [-0.25, -0.2) is 0 Å². The molecule has 0 spiro atoms. The molecule has 0 fully saturated rings. The minimum absolute atomic E-state index is 0.0315. The average molecular weight is 541 g/mol. The highest BCUT2D eigenvalue weighted by Crippen LogP contribution is 2.23. The van der Waals surface area contributed by atoms with Gasteiger partial charge in [0.15, 0.2) is 5.78 Å². The minimum atomic E-state index is 0.0315. The van der Waals surface area contributed by atoms with Crippen LogP contribution >= 0.6 is 11.8 Å². The van der Waals surface area contributed by atoms with Crippen LogP contribution in [0.15, 0.2) is 89.8 Å². The van der Waals surface area contributed by atoms with Crippen molar-refractivity contribution < 1.29 is 4.79 Å². The van der Waals surface area contributed by atoms with Gasteiger partial charge in [0.1, 0.15) is 0 Å². The zero-order valence-corrected chi connectivity index (χ0v) is 24.9. The molecule has 39 heavy (non-hydrogen) atoms. The number of benzene rings is 3. The lowest BCUT2D eigenvalue weighted by atomic mass is 10.0. The highest BCUT2D eigenvalue weighted by Gasteiger charge is 2.04. The maximum Gasteiger partial charge on any atom is 0.185 e. The zero-order valence-electron chi connectivity index (χ0n) is 24.1. The predicted molar refractivity (Wildman–Crippen MR) is 173 cm³/mol. The number of allylic oxidation sites excluding steroid dienone is 1. The van der Waals surface area contributed by atoms with Crippen molar-refractivity contribution >= 4 is 23.6 Å². The van der Waals surface area contributed by atoms with Crippen molar-refractivity contribution in [3.63, 3.8) is 0 Å². The molecule has 0 bridgehead atoms. The standard InChI is InChI=1S/C37H48OS/c1-2-3-4-5-6-7-8-9-10-11-12-13-14-18-30-39-36-27-24-32(25-28-36)26-29-37(38)35-23-19-22-34(31-35)33-20-16-15-17-21-33/h15-17,19-29,31H,2-14,18,30H2,1H3/b29-26+. The quantitative estimate of drug-likeness (QED) is 0.0613. The molecule has 1 nitrogen and oxygen atoms in total. The molecule has 3 rings (SSSR count). The Morgan fingerprint density at radius 1 is 0.615 bits per heavy atom. The minimum Gasteiger partial charge on any atom is -0.289 e. The van der Waals surface area contributed by atoms with E-state index in [0.717, 1.165) is 16.7 Å². The first kappa shape index (κ1) is 31.0. The van der Waals surface area contributed by atoms with Gasteiger partial charge in [-0.1, -0.05) is 157 Å². The second-order valence-electron chi connectivity index (χ2n) is 10.7. The van der Waals surface area contributed by atoms with E-state index in [1.54, 1.807) is 6.08 Å². The third-order valence-corrected chi connectivity index (χ3v) is 8.43. The Kier molecular flexibility index (Phi) is 15.5. The highest BCUT2D eigenvalue weighted by atomic mass is 32.2. The number of unbranched alkanes of at least 4 members (excludes halogenated alkanes) is 13. The second kappa shape index (κ2) is 19.5. The van der Waals surface area contributed by atoms with Gasteiger partial charge >= 0.3 is 0 Å². The van der Waals surface area contributed by atoms with Crippen LogP contribution in [0.1, 0.15) is 113 Å². The first-order chi connectivity index (χ1) is 19.3. The van der Waals surface area contributed by atoms with Crippen molar-refractivity contribution in [1.29, 1.82) is 0 Å². The van der Waals surface area contributed by atoms with E-state index in [1.807, 2.05) is 60.3 Å². The molecule has 0 unspecified atom stereocenters. The first-order valence-corrected chi connectivity index (χ1v) is 16.4. The van der Waals surface area contributed by atoms with Gasteiger partial charge in [0.05, 0.1) is 0 Å². The summed E-state index contributed by atoms with van der Waals surface area (Å²) in [5.74, 6) is 1.22. The summed E-state index contributed by atoms with van der Waals surface area (Å²) in [6.45, 7) is 2.29. The number of hydrogen-bond donors (Lipinski definition) is 0. The Bertz CT molecular complexity index is 1080. The lowest BCUT2D eigenvalue weighted by Gasteiger charge is -2.04. The monoisotopic (exact) mass is 540 g/mol. The Morgan fingerprint density at radius 3 is 1.79 bits per heavy atom. The molecular formula is C37H48OS. The van der Waals surface area contributed by atoms with Gasteiger partial charge in [0, 0.05) is 10.5 Å². The maximum atomic E-state index is 12.7. The van der Waals surface area contributed by atoms with Crippen molar-refractivity contribution in [3.05, 3.63) is 96.1 Å². The summed E-state index contributed by atoms with van der Waals surface area (Å²) < 4.78 is 0. The molecule has 0 N–H and O–H groups in total. The normalized spacial score (nSPS) is 11.3. The lowest BCUT2D eigenvalue weighted by Crippen LogP contribution is -1.94. The van der Waals surface area contributed by atoms with Crippen LogP contribution in [0.25, 0.3) is 17.2 Å².